The summed E-state index contributed by atoms with van der Waals surface area (Å²) in [5.74, 6) is 1.25. The van der Waals surface area contributed by atoms with Crippen molar-refractivity contribution in [3.63, 3.8) is 0 Å². The summed E-state index contributed by atoms with van der Waals surface area (Å²) in [4.78, 5) is 11.5. The van der Waals surface area contributed by atoms with Gasteiger partial charge in [0.05, 0.1) is 0 Å². The molecule has 90 valence electrons. The molecule has 0 saturated heterocycles. The van der Waals surface area contributed by atoms with Gasteiger partial charge in [-0.25, -0.2) is 0 Å². The Bertz CT molecular complexity index is 191. The fourth-order valence-corrected chi connectivity index (χ4v) is 1.18. The summed E-state index contributed by atoms with van der Waals surface area (Å²) in [5.41, 5.74) is 0.303. The highest BCUT2D eigenvalue weighted by Gasteiger charge is 2.13. The molecule has 2 nitrogen and oxygen atoms in total. The van der Waals surface area contributed by atoms with E-state index >= 15 is 0 Å². The third-order valence-electron chi connectivity index (χ3n) is 2.84. The maximum atomic E-state index is 11.5. The lowest BCUT2D eigenvalue weighted by molar-refractivity contribution is -0.122. The van der Waals surface area contributed by atoms with Crippen molar-refractivity contribution in [1.82, 2.24) is 5.32 Å². The second-order valence-corrected chi connectivity index (χ2v) is 6.09. The molecule has 0 fully saturated rings. The van der Waals surface area contributed by atoms with Crippen LogP contribution in [0.4, 0.5) is 0 Å². The summed E-state index contributed by atoms with van der Waals surface area (Å²) >= 11 is 0. The lowest BCUT2D eigenvalue weighted by Gasteiger charge is -2.19. The first-order chi connectivity index (χ1) is 6.72. The maximum Gasteiger partial charge on any atom is 0.220 e. The van der Waals surface area contributed by atoms with Crippen molar-refractivity contribution >= 4 is 5.91 Å². The molecule has 0 saturated carbocycles. The molecule has 1 amide bonds. The predicted octanol–water partition coefficient (Wildman–Crippen LogP) is 3.22. The van der Waals surface area contributed by atoms with Crippen LogP contribution in [0.5, 0.6) is 0 Å². The molecule has 1 atom stereocenters. The Morgan fingerprint density at radius 2 is 1.73 bits per heavy atom. The van der Waals surface area contributed by atoms with Crippen molar-refractivity contribution in [3.8, 4) is 0 Å². The van der Waals surface area contributed by atoms with Crippen LogP contribution < -0.4 is 5.32 Å². The van der Waals surface area contributed by atoms with Gasteiger partial charge in [0.15, 0.2) is 0 Å². The van der Waals surface area contributed by atoms with E-state index in [2.05, 4.69) is 46.9 Å². The van der Waals surface area contributed by atoms with E-state index in [9.17, 15) is 4.79 Å². The Hall–Kier alpha value is -0.530. The number of hydrogen-bond donors (Lipinski definition) is 1. The van der Waals surface area contributed by atoms with Gasteiger partial charge in [0.1, 0.15) is 0 Å². The van der Waals surface area contributed by atoms with Crippen LogP contribution >= 0.6 is 0 Å². The first kappa shape index (κ1) is 14.5. The Morgan fingerprint density at radius 3 is 2.13 bits per heavy atom. The molecule has 1 N–H and O–H groups in total. The quantitative estimate of drug-likeness (QED) is 0.746. The first-order valence-electron chi connectivity index (χ1n) is 5.99. The number of carbonyl (C=O) groups is 1. The molecule has 0 radical (unpaired) electrons. The second-order valence-electron chi connectivity index (χ2n) is 6.09. The topological polar surface area (TPSA) is 29.1 Å². The van der Waals surface area contributed by atoms with Gasteiger partial charge >= 0.3 is 0 Å². The van der Waals surface area contributed by atoms with E-state index in [1.165, 1.54) is 0 Å². The van der Waals surface area contributed by atoms with Crippen molar-refractivity contribution in [2.24, 2.45) is 17.3 Å². The zero-order chi connectivity index (χ0) is 12.1. The van der Waals surface area contributed by atoms with Crippen molar-refractivity contribution < 1.29 is 4.79 Å². The smallest absolute Gasteiger partial charge is 0.220 e. The molecule has 0 aromatic carbocycles. The van der Waals surface area contributed by atoms with Crippen LogP contribution in [-0.4, -0.2) is 12.5 Å². The molecule has 0 heterocycles. The Morgan fingerprint density at radius 1 is 1.20 bits per heavy atom. The molecular weight excluding hydrogens is 186 g/mol. The fraction of sp³-hybridized carbons (Fsp3) is 0.923. The number of nitrogens with one attached hydrogen (secondary N) is 1. The van der Waals surface area contributed by atoms with E-state index < -0.39 is 0 Å². The van der Waals surface area contributed by atoms with Gasteiger partial charge in [0, 0.05) is 13.0 Å². The van der Waals surface area contributed by atoms with Gasteiger partial charge in [-0.05, 0) is 23.7 Å². The third-order valence-corrected chi connectivity index (χ3v) is 2.84. The molecule has 0 bridgehead atoms. The highest BCUT2D eigenvalue weighted by molar-refractivity contribution is 5.76. The van der Waals surface area contributed by atoms with Crippen LogP contribution in [0.15, 0.2) is 0 Å². The number of carbonyl (C=O) groups excluding carboxylic acids is 1. The standard InChI is InChI=1S/C13H27NO/c1-10(2)11(3)9-12(15)14-8-7-13(4,5)6/h10-11H,7-9H2,1-6H3,(H,14,15). The summed E-state index contributed by atoms with van der Waals surface area (Å²) < 4.78 is 0. The predicted molar refractivity (Wildman–Crippen MR) is 65.7 cm³/mol. The van der Waals surface area contributed by atoms with Gasteiger partial charge in [-0.3, -0.25) is 4.79 Å². The van der Waals surface area contributed by atoms with Crippen LogP contribution in [0.1, 0.15) is 54.4 Å². The molecule has 0 rings (SSSR count). The van der Waals surface area contributed by atoms with E-state index in [1.807, 2.05) is 0 Å². The van der Waals surface area contributed by atoms with Crippen LogP contribution in [0.2, 0.25) is 0 Å². The van der Waals surface area contributed by atoms with E-state index in [0.29, 0.717) is 23.7 Å². The molecular formula is C13H27NO. The largest absolute Gasteiger partial charge is 0.356 e. The number of amides is 1. The number of rotatable bonds is 5. The summed E-state index contributed by atoms with van der Waals surface area (Å²) in [6, 6.07) is 0. The SMILES string of the molecule is CC(C)C(C)CC(=O)NCCC(C)(C)C. The molecule has 0 aliphatic carbocycles. The Balaban J connectivity index is 3.67. The van der Waals surface area contributed by atoms with Gasteiger partial charge in [-0.1, -0.05) is 41.5 Å². The van der Waals surface area contributed by atoms with Gasteiger partial charge < -0.3 is 5.32 Å². The molecule has 2 heteroatoms. The zero-order valence-electron chi connectivity index (χ0n) is 11.2. The summed E-state index contributed by atoms with van der Waals surface area (Å²) in [6.07, 6.45) is 1.69. The normalized spacial score (nSPS) is 14.1. The highest BCUT2D eigenvalue weighted by atomic mass is 16.1. The van der Waals surface area contributed by atoms with Gasteiger partial charge in [0.25, 0.3) is 0 Å². The Labute approximate surface area is 94.8 Å². The molecule has 0 aromatic heterocycles. The summed E-state index contributed by atoms with van der Waals surface area (Å²) in [5, 5.41) is 2.99. The van der Waals surface area contributed by atoms with Crippen LogP contribution in [0.25, 0.3) is 0 Å². The van der Waals surface area contributed by atoms with Gasteiger partial charge in [-0.15, -0.1) is 0 Å². The minimum Gasteiger partial charge on any atom is -0.356 e. The van der Waals surface area contributed by atoms with Gasteiger partial charge in [-0.2, -0.15) is 0 Å². The monoisotopic (exact) mass is 213 g/mol. The number of hydrogen-bond acceptors (Lipinski definition) is 1. The minimum atomic E-state index is 0.195. The third kappa shape index (κ3) is 8.46. The van der Waals surface area contributed by atoms with E-state index in [0.717, 1.165) is 13.0 Å². The van der Waals surface area contributed by atoms with E-state index in [4.69, 9.17) is 0 Å². The molecule has 1 unspecified atom stereocenters. The van der Waals surface area contributed by atoms with Crippen LogP contribution in [-0.2, 0) is 4.79 Å². The van der Waals surface area contributed by atoms with E-state index in [-0.39, 0.29) is 5.91 Å². The molecule has 0 spiro atoms. The molecule has 0 aromatic rings. The average Bonchev–Trinajstić information content (AvgIpc) is 2.01. The minimum absolute atomic E-state index is 0.195. The lowest BCUT2D eigenvalue weighted by Crippen LogP contribution is -2.29. The van der Waals surface area contributed by atoms with Crippen molar-refractivity contribution in [1.29, 1.82) is 0 Å². The first-order valence-corrected chi connectivity index (χ1v) is 5.99. The van der Waals surface area contributed by atoms with Crippen molar-refractivity contribution in [2.75, 3.05) is 6.54 Å². The van der Waals surface area contributed by atoms with E-state index in [1.54, 1.807) is 0 Å². The summed E-state index contributed by atoms with van der Waals surface area (Å²) in [6.45, 7) is 13.8. The van der Waals surface area contributed by atoms with Crippen molar-refractivity contribution in [3.05, 3.63) is 0 Å². The Kier molecular flexibility index (Phi) is 5.92. The second kappa shape index (κ2) is 6.14. The van der Waals surface area contributed by atoms with Crippen molar-refractivity contribution in [2.45, 2.75) is 54.4 Å². The molecule has 0 aliphatic heterocycles. The van der Waals surface area contributed by atoms with Crippen LogP contribution in [0, 0.1) is 17.3 Å². The highest BCUT2D eigenvalue weighted by Crippen LogP contribution is 2.17. The molecule has 15 heavy (non-hydrogen) atoms. The fourth-order valence-electron chi connectivity index (χ4n) is 1.18. The lowest BCUT2D eigenvalue weighted by atomic mass is 9.92. The molecule has 0 aliphatic rings. The van der Waals surface area contributed by atoms with Gasteiger partial charge in [0.2, 0.25) is 5.91 Å². The summed E-state index contributed by atoms with van der Waals surface area (Å²) in [7, 11) is 0. The van der Waals surface area contributed by atoms with Crippen LogP contribution in [0.3, 0.4) is 0 Å². The zero-order valence-corrected chi connectivity index (χ0v) is 11.2. The average molecular weight is 213 g/mol. The maximum absolute atomic E-state index is 11.5.